The van der Waals surface area contributed by atoms with Crippen molar-refractivity contribution < 1.29 is 34.0 Å². The minimum atomic E-state index is -1.88. The van der Waals surface area contributed by atoms with Gasteiger partial charge in [0.25, 0.3) is 0 Å². The van der Waals surface area contributed by atoms with Crippen LogP contribution in [0, 0.1) is 0 Å². The fraction of sp³-hybridized carbons (Fsp3) is 0.500. The van der Waals surface area contributed by atoms with E-state index in [-0.39, 0.29) is 0 Å². The van der Waals surface area contributed by atoms with Crippen molar-refractivity contribution in [1.29, 1.82) is 0 Å². The maximum atomic E-state index is 12.0. The summed E-state index contributed by atoms with van der Waals surface area (Å²) in [6.45, 7) is 5.01. The molecule has 1 aromatic rings. The van der Waals surface area contributed by atoms with E-state index in [0.29, 0.717) is 17.1 Å². The van der Waals surface area contributed by atoms with Crippen molar-refractivity contribution >= 4 is 12.1 Å². The van der Waals surface area contributed by atoms with Crippen LogP contribution in [0.5, 0.6) is 11.5 Å². The van der Waals surface area contributed by atoms with Crippen LogP contribution in [0.3, 0.4) is 0 Å². The molecule has 0 aliphatic carbocycles. The molecule has 0 heterocycles. The van der Waals surface area contributed by atoms with Crippen LogP contribution in [0.1, 0.15) is 32.4 Å². The Hall–Kier alpha value is -2.48. The highest BCUT2D eigenvalue weighted by Crippen LogP contribution is 2.28. The molecule has 3 N–H and O–H groups in total. The predicted octanol–water partition coefficient (Wildman–Crippen LogP) is 1.72. The second-order valence-corrected chi connectivity index (χ2v) is 6.05. The van der Waals surface area contributed by atoms with Crippen LogP contribution in [0.15, 0.2) is 18.2 Å². The molecule has 0 aromatic heterocycles. The third-order valence-corrected chi connectivity index (χ3v) is 2.97. The molecule has 0 saturated carbocycles. The van der Waals surface area contributed by atoms with Crippen LogP contribution in [-0.4, -0.2) is 48.2 Å². The number of methoxy groups -OCH3 is 2. The number of nitrogens with one attached hydrogen (secondary N) is 1. The summed E-state index contributed by atoms with van der Waals surface area (Å²) in [5.41, 5.74) is -0.471. The Morgan fingerprint density at radius 2 is 1.58 bits per heavy atom. The summed E-state index contributed by atoms with van der Waals surface area (Å²) in [5.74, 6) is -0.714. The molecular formula is C16H23NO7. The Balaban J connectivity index is 3.19. The van der Waals surface area contributed by atoms with Crippen LogP contribution < -0.4 is 14.8 Å². The minimum Gasteiger partial charge on any atom is -0.497 e. The van der Waals surface area contributed by atoms with Crippen molar-refractivity contribution in [2.24, 2.45) is 0 Å². The lowest BCUT2D eigenvalue weighted by Gasteiger charge is -2.25. The summed E-state index contributed by atoms with van der Waals surface area (Å²) < 4.78 is 15.4. The van der Waals surface area contributed by atoms with Gasteiger partial charge in [-0.1, -0.05) is 0 Å². The maximum Gasteiger partial charge on any atom is 0.408 e. The Morgan fingerprint density at radius 3 is 1.96 bits per heavy atom. The van der Waals surface area contributed by atoms with Gasteiger partial charge in [0, 0.05) is 6.07 Å². The molecule has 8 heteroatoms. The summed E-state index contributed by atoms with van der Waals surface area (Å²) in [5, 5.41) is 21.4. The average Bonchev–Trinajstić information content (AvgIpc) is 2.49. The molecule has 24 heavy (non-hydrogen) atoms. The number of aliphatic hydroxyl groups is 1. The molecule has 0 bridgehead atoms. The van der Waals surface area contributed by atoms with Crippen molar-refractivity contribution in [1.82, 2.24) is 5.32 Å². The van der Waals surface area contributed by atoms with Gasteiger partial charge in [0.05, 0.1) is 20.3 Å². The largest absolute Gasteiger partial charge is 0.497 e. The summed E-state index contributed by atoms with van der Waals surface area (Å²) in [7, 11) is 2.87. The highest BCUT2D eigenvalue weighted by Gasteiger charge is 2.31. The van der Waals surface area contributed by atoms with Crippen molar-refractivity contribution in [3.8, 4) is 11.5 Å². The van der Waals surface area contributed by atoms with E-state index in [1.165, 1.54) is 26.4 Å². The number of carbonyl (C=O) groups excluding carboxylic acids is 1. The van der Waals surface area contributed by atoms with E-state index in [9.17, 15) is 14.7 Å². The molecule has 0 aliphatic heterocycles. The number of carboxylic acid groups (broad SMARTS) is 1. The summed E-state index contributed by atoms with van der Waals surface area (Å²) in [6, 6.07) is 3.33. The molecule has 1 aromatic carbocycles. The van der Waals surface area contributed by atoms with Gasteiger partial charge < -0.3 is 29.7 Å². The molecule has 0 aliphatic rings. The van der Waals surface area contributed by atoms with Gasteiger partial charge >= 0.3 is 12.1 Å². The van der Waals surface area contributed by atoms with Gasteiger partial charge in [-0.05, 0) is 38.5 Å². The predicted molar refractivity (Wildman–Crippen MR) is 85.3 cm³/mol. The topological polar surface area (TPSA) is 114 Å². The molecule has 2 unspecified atom stereocenters. The first-order valence-electron chi connectivity index (χ1n) is 7.20. The first kappa shape index (κ1) is 19.6. The highest BCUT2D eigenvalue weighted by atomic mass is 16.6. The van der Waals surface area contributed by atoms with Gasteiger partial charge in [0.2, 0.25) is 0 Å². The second kappa shape index (κ2) is 7.87. The molecular weight excluding hydrogens is 318 g/mol. The van der Waals surface area contributed by atoms with E-state index in [2.05, 4.69) is 5.32 Å². The zero-order valence-corrected chi connectivity index (χ0v) is 14.3. The number of hydrogen-bond donors (Lipinski definition) is 3. The smallest absolute Gasteiger partial charge is 0.408 e. The number of benzene rings is 1. The lowest BCUT2D eigenvalue weighted by Crippen LogP contribution is -2.42. The lowest BCUT2D eigenvalue weighted by atomic mass is 10.0. The van der Waals surface area contributed by atoms with Crippen LogP contribution in [0.2, 0.25) is 0 Å². The van der Waals surface area contributed by atoms with Crippen molar-refractivity contribution in [2.45, 2.75) is 38.5 Å². The molecule has 0 fully saturated rings. The number of aliphatic carboxylic acids is 1. The van der Waals surface area contributed by atoms with E-state index in [4.69, 9.17) is 19.3 Å². The van der Waals surface area contributed by atoms with Gasteiger partial charge in [-0.25, -0.2) is 9.59 Å². The summed E-state index contributed by atoms with van der Waals surface area (Å²) >= 11 is 0. The Labute approximate surface area is 140 Å². The van der Waals surface area contributed by atoms with Crippen LogP contribution in [0.4, 0.5) is 4.79 Å². The van der Waals surface area contributed by atoms with Gasteiger partial charge in [0.15, 0.2) is 6.10 Å². The lowest BCUT2D eigenvalue weighted by molar-refractivity contribution is -0.148. The third-order valence-electron chi connectivity index (χ3n) is 2.97. The fourth-order valence-corrected chi connectivity index (χ4v) is 1.93. The van der Waals surface area contributed by atoms with Crippen molar-refractivity contribution in [2.75, 3.05) is 14.2 Å². The monoisotopic (exact) mass is 341 g/mol. The summed E-state index contributed by atoms with van der Waals surface area (Å²) in [6.07, 6.45) is -2.73. The van der Waals surface area contributed by atoms with Crippen LogP contribution in [-0.2, 0) is 9.53 Å². The number of rotatable bonds is 6. The van der Waals surface area contributed by atoms with E-state index in [0.717, 1.165) is 0 Å². The Kier molecular flexibility index (Phi) is 6.42. The normalized spacial score (nSPS) is 13.6. The third kappa shape index (κ3) is 5.62. The van der Waals surface area contributed by atoms with E-state index in [1.54, 1.807) is 26.8 Å². The van der Waals surface area contributed by atoms with E-state index < -0.39 is 29.8 Å². The second-order valence-electron chi connectivity index (χ2n) is 6.05. The summed E-state index contributed by atoms with van der Waals surface area (Å²) in [4.78, 5) is 23.2. The zero-order valence-electron chi connectivity index (χ0n) is 14.3. The van der Waals surface area contributed by atoms with Crippen molar-refractivity contribution in [3.63, 3.8) is 0 Å². The van der Waals surface area contributed by atoms with Crippen molar-refractivity contribution in [3.05, 3.63) is 23.8 Å². The molecule has 1 rings (SSSR count). The molecule has 134 valence electrons. The number of amides is 1. The molecule has 8 nitrogen and oxygen atoms in total. The first-order valence-corrected chi connectivity index (χ1v) is 7.20. The highest BCUT2D eigenvalue weighted by molar-refractivity contribution is 5.76. The number of hydrogen-bond acceptors (Lipinski definition) is 6. The molecule has 0 saturated heterocycles. The molecule has 0 spiro atoms. The van der Waals surface area contributed by atoms with E-state index >= 15 is 0 Å². The SMILES string of the molecule is COc1cc(OC)cc(C(NC(=O)OC(C)(C)C)C(O)C(=O)O)c1. The number of carbonyl (C=O) groups is 2. The molecule has 2 atom stereocenters. The Bertz CT molecular complexity index is 572. The fourth-order valence-electron chi connectivity index (χ4n) is 1.93. The quantitative estimate of drug-likeness (QED) is 0.721. The first-order chi connectivity index (χ1) is 11.1. The average molecular weight is 341 g/mol. The number of aliphatic hydroxyl groups excluding tert-OH is 1. The Morgan fingerprint density at radius 1 is 1.08 bits per heavy atom. The van der Waals surface area contributed by atoms with Crippen LogP contribution >= 0.6 is 0 Å². The maximum absolute atomic E-state index is 12.0. The van der Waals surface area contributed by atoms with Crippen LogP contribution in [0.25, 0.3) is 0 Å². The van der Waals surface area contributed by atoms with Gasteiger partial charge in [-0.3, -0.25) is 0 Å². The molecule has 1 amide bonds. The number of alkyl carbamates (subject to hydrolysis) is 1. The van der Waals surface area contributed by atoms with Gasteiger partial charge in [0.1, 0.15) is 17.1 Å². The molecule has 0 radical (unpaired) electrons. The number of ether oxygens (including phenoxy) is 3. The number of carboxylic acids is 1. The van der Waals surface area contributed by atoms with E-state index in [1.807, 2.05) is 0 Å². The van der Waals surface area contributed by atoms with Gasteiger partial charge in [-0.2, -0.15) is 0 Å². The van der Waals surface area contributed by atoms with Gasteiger partial charge in [-0.15, -0.1) is 0 Å². The standard InChI is InChI=1S/C16H23NO7/c1-16(2,3)24-15(21)17-12(13(18)14(19)20)9-6-10(22-4)8-11(7-9)23-5/h6-8,12-13,18H,1-5H3,(H,17,21)(H,19,20). The minimum absolute atomic E-state index is 0.298. The zero-order chi connectivity index (χ0) is 18.5.